The number of hydrogen-bond acceptors (Lipinski definition) is 6. The van der Waals surface area contributed by atoms with Crippen LogP contribution in [0.4, 0.5) is 17.3 Å². The second-order valence-corrected chi connectivity index (χ2v) is 4.86. The number of aryl methyl sites for hydroxylation is 2. The molecule has 0 saturated heterocycles. The predicted molar refractivity (Wildman–Crippen MR) is 85.7 cm³/mol. The molecule has 7 nitrogen and oxygen atoms in total. The van der Waals surface area contributed by atoms with E-state index in [-0.39, 0.29) is 0 Å². The Morgan fingerprint density at radius 1 is 1.09 bits per heavy atom. The molecular formula is C15H17N7. The van der Waals surface area contributed by atoms with Gasteiger partial charge in [-0.1, -0.05) is 0 Å². The van der Waals surface area contributed by atoms with E-state index in [1.165, 1.54) is 6.33 Å². The van der Waals surface area contributed by atoms with Gasteiger partial charge in [-0.25, -0.2) is 9.97 Å². The molecule has 0 radical (unpaired) electrons. The molecule has 0 atom stereocenters. The molecule has 0 spiro atoms. The summed E-state index contributed by atoms with van der Waals surface area (Å²) in [6.45, 7) is 3.90. The fourth-order valence-corrected chi connectivity index (χ4v) is 2.12. The third-order valence-electron chi connectivity index (χ3n) is 3.23. The van der Waals surface area contributed by atoms with Gasteiger partial charge >= 0.3 is 0 Å². The number of hydrogen-bond donors (Lipinski definition) is 2. The van der Waals surface area contributed by atoms with Crippen molar-refractivity contribution in [3.8, 4) is 5.82 Å². The van der Waals surface area contributed by atoms with Gasteiger partial charge < -0.3 is 10.6 Å². The van der Waals surface area contributed by atoms with E-state index in [4.69, 9.17) is 0 Å². The summed E-state index contributed by atoms with van der Waals surface area (Å²) in [6.07, 6.45) is 3.28. The second kappa shape index (κ2) is 5.80. The van der Waals surface area contributed by atoms with Gasteiger partial charge in [0.05, 0.1) is 17.1 Å². The van der Waals surface area contributed by atoms with Crippen LogP contribution in [0.25, 0.3) is 5.82 Å². The molecule has 0 aliphatic heterocycles. The first kappa shape index (κ1) is 14.0. The van der Waals surface area contributed by atoms with Crippen molar-refractivity contribution in [3.63, 3.8) is 0 Å². The maximum absolute atomic E-state index is 4.50. The van der Waals surface area contributed by atoms with Crippen molar-refractivity contribution in [1.82, 2.24) is 24.7 Å². The van der Waals surface area contributed by atoms with Crippen LogP contribution in [-0.2, 0) is 0 Å². The van der Waals surface area contributed by atoms with Gasteiger partial charge in [0.2, 0.25) is 0 Å². The minimum atomic E-state index is 0.691. The fourth-order valence-electron chi connectivity index (χ4n) is 2.12. The smallest absolute Gasteiger partial charge is 0.161 e. The number of anilines is 3. The highest BCUT2D eigenvalue weighted by Gasteiger charge is 2.11. The Morgan fingerprint density at radius 2 is 1.95 bits per heavy atom. The number of nitrogens with zero attached hydrogens (tertiary/aromatic N) is 5. The van der Waals surface area contributed by atoms with Gasteiger partial charge in [-0.05, 0) is 26.0 Å². The molecule has 3 rings (SSSR count). The van der Waals surface area contributed by atoms with E-state index in [9.17, 15) is 0 Å². The molecule has 112 valence electrons. The predicted octanol–water partition coefficient (Wildman–Crippen LogP) is 2.46. The van der Waals surface area contributed by atoms with E-state index in [0.717, 1.165) is 28.7 Å². The van der Waals surface area contributed by atoms with Crippen LogP contribution >= 0.6 is 0 Å². The summed E-state index contributed by atoms with van der Waals surface area (Å²) in [6, 6.07) is 7.68. The summed E-state index contributed by atoms with van der Waals surface area (Å²) in [4.78, 5) is 12.7. The van der Waals surface area contributed by atoms with Crippen LogP contribution in [-0.4, -0.2) is 31.8 Å². The zero-order chi connectivity index (χ0) is 15.5. The molecule has 2 N–H and O–H groups in total. The Bertz CT molecular complexity index is 794. The van der Waals surface area contributed by atoms with Crippen LogP contribution in [0.1, 0.15) is 11.4 Å². The first-order valence-electron chi connectivity index (χ1n) is 6.93. The zero-order valence-electron chi connectivity index (χ0n) is 12.7. The maximum atomic E-state index is 4.50. The van der Waals surface area contributed by atoms with Crippen LogP contribution in [0, 0.1) is 13.8 Å². The first-order valence-corrected chi connectivity index (χ1v) is 6.93. The monoisotopic (exact) mass is 295 g/mol. The minimum absolute atomic E-state index is 0.691. The molecule has 7 heteroatoms. The second-order valence-electron chi connectivity index (χ2n) is 4.86. The van der Waals surface area contributed by atoms with Gasteiger partial charge in [0, 0.05) is 25.4 Å². The van der Waals surface area contributed by atoms with Gasteiger partial charge in [0.25, 0.3) is 0 Å². The molecule has 3 aromatic rings. The third kappa shape index (κ3) is 2.73. The molecule has 0 unspecified atom stereocenters. The van der Waals surface area contributed by atoms with Gasteiger partial charge in [0.1, 0.15) is 18.0 Å². The van der Waals surface area contributed by atoms with Gasteiger partial charge in [0.15, 0.2) is 5.82 Å². The summed E-state index contributed by atoms with van der Waals surface area (Å²) in [5.41, 5.74) is 2.76. The largest absolute Gasteiger partial charge is 0.373 e. The molecule has 0 fully saturated rings. The fraction of sp³-hybridized carbons (Fsp3) is 0.200. The molecule has 0 saturated carbocycles. The first-order chi connectivity index (χ1) is 10.7. The highest BCUT2D eigenvalue weighted by Crippen LogP contribution is 2.22. The van der Waals surface area contributed by atoms with Crippen LogP contribution in [0.3, 0.4) is 0 Å². The number of aromatic nitrogens is 5. The highest BCUT2D eigenvalue weighted by molar-refractivity contribution is 5.60. The van der Waals surface area contributed by atoms with Crippen LogP contribution in [0.2, 0.25) is 0 Å². The van der Waals surface area contributed by atoms with Crippen LogP contribution in [0.5, 0.6) is 0 Å². The van der Waals surface area contributed by atoms with Crippen molar-refractivity contribution >= 4 is 17.3 Å². The lowest BCUT2D eigenvalue weighted by Gasteiger charge is -2.11. The lowest BCUT2D eigenvalue weighted by atomic mass is 10.3. The average molecular weight is 295 g/mol. The Balaban J connectivity index is 2.01. The van der Waals surface area contributed by atoms with Crippen molar-refractivity contribution in [2.45, 2.75) is 13.8 Å². The lowest BCUT2D eigenvalue weighted by molar-refractivity contribution is 0.833. The van der Waals surface area contributed by atoms with E-state index in [1.807, 2.05) is 45.2 Å². The summed E-state index contributed by atoms with van der Waals surface area (Å²) < 4.78 is 1.75. The Labute approximate surface area is 128 Å². The van der Waals surface area contributed by atoms with E-state index in [1.54, 1.807) is 10.9 Å². The van der Waals surface area contributed by atoms with E-state index < -0.39 is 0 Å². The molecule has 0 amide bonds. The van der Waals surface area contributed by atoms with E-state index in [0.29, 0.717) is 5.82 Å². The molecule has 22 heavy (non-hydrogen) atoms. The molecule has 0 aliphatic rings. The van der Waals surface area contributed by atoms with E-state index in [2.05, 4.69) is 30.7 Å². The Hall–Kier alpha value is -2.96. The van der Waals surface area contributed by atoms with Crippen molar-refractivity contribution in [2.24, 2.45) is 0 Å². The van der Waals surface area contributed by atoms with Gasteiger partial charge in [-0.2, -0.15) is 9.78 Å². The third-order valence-corrected chi connectivity index (χ3v) is 3.23. The number of pyridine rings is 1. The van der Waals surface area contributed by atoms with Gasteiger partial charge in [-0.3, -0.25) is 4.98 Å². The number of rotatable bonds is 4. The van der Waals surface area contributed by atoms with Crippen LogP contribution in [0.15, 0.2) is 36.8 Å². The SMILES string of the molecule is CNc1cc(-n2nc(C)cc2Nc2cccnc2C)ncn1. The summed E-state index contributed by atoms with van der Waals surface area (Å²) in [5.74, 6) is 2.26. The van der Waals surface area contributed by atoms with Crippen molar-refractivity contribution in [3.05, 3.63) is 48.2 Å². The topological polar surface area (TPSA) is 80.5 Å². The molecule has 3 heterocycles. The highest BCUT2D eigenvalue weighted by atomic mass is 15.4. The molecule has 3 aromatic heterocycles. The Kier molecular flexibility index (Phi) is 3.69. The van der Waals surface area contributed by atoms with Crippen molar-refractivity contribution in [1.29, 1.82) is 0 Å². The molecule has 0 aromatic carbocycles. The number of nitrogens with one attached hydrogen (secondary N) is 2. The standard InChI is InChI=1S/C15H17N7/c1-10-7-15(20-12-5-4-6-17-11(12)2)22(21-10)14-8-13(16-3)18-9-19-14/h4-9,20H,1-3H3,(H,16,18,19). The summed E-state index contributed by atoms with van der Waals surface area (Å²) >= 11 is 0. The Morgan fingerprint density at radius 3 is 2.73 bits per heavy atom. The summed E-state index contributed by atoms with van der Waals surface area (Å²) in [7, 11) is 1.82. The molecule has 0 aliphatic carbocycles. The summed E-state index contributed by atoms with van der Waals surface area (Å²) in [5, 5.41) is 10.9. The van der Waals surface area contributed by atoms with Crippen molar-refractivity contribution in [2.75, 3.05) is 17.7 Å². The van der Waals surface area contributed by atoms with Gasteiger partial charge in [-0.15, -0.1) is 0 Å². The van der Waals surface area contributed by atoms with Crippen LogP contribution < -0.4 is 10.6 Å². The normalized spacial score (nSPS) is 10.5. The minimum Gasteiger partial charge on any atom is -0.373 e. The average Bonchev–Trinajstić information content (AvgIpc) is 2.90. The lowest BCUT2D eigenvalue weighted by Crippen LogP contribution is -2.06. The van der Waals surface area contributed by atoms with E-state index >= 15 is 0 Å². The zero-order valence-corrected chi connectivity index (χ0v) is 12.7. The molecule has 0 bridgehead atoms. The quantitative estimate of drug-likeness (QED) is 0.769. The molecular weight excluding hydrogens is 278 g/mol. The van der Waals surface area contributed by atoms with Crippen molar-refractivity contribution < 1.29 is 0 Å². The maximum Gasteiger partial charge on any atom is 0.161 e.